The van der Waals surface area contributed by atoms with Crippen molar-refractivity contribution in [1.29, 1.82) is 0 Å². The zero-order chi connectivity index (χ0) is 15.9. The van der Waals surface area contributed by atoms with Crippen molar-refractivity contribution in [2.75, 3.05) is 7.11 Å². The Balaban J connectivity index is 2.35. The van der Waals surface area contributed by atoms with Gasteiger partial charge in [0.15, 0.2) is 0 Å². The minimum Gasteiger partial charge on any atom is -0.488 e. The number of benzene rings is 2. The van der Waals surface area contributed by atoms with Crippen molar-refractivity contribution in [2.45, 2.75) is 6.61 Å². The molecule has 0 atom stereocenters. The summed E-state index contributed by atoms with van der Waals surface area (Å²) in [5, 5.41) is 3.60. The predicted molar refractivity (Wildman–Crippen MR) is 85.1 cm³/mol. The monoisotopic (exact) mass is 361 g/mol. The van der Waals surface area contributed by atoms with Crippen LogP contribution in [-0.4, -0.2) is 13.1 Å². The van der Waals surface area contributed by atoms with E-state index in [-0.39, 0.29) is 12.3 Å². The van der Waals surface area contributed by atoms with Gasteiger partial charge >= 0.3 is 5.97 Å². The van der Waals surface area contributed by atoms with E-state index in [2.05, 4.69) is 26.0 Å². The zero-order valence-electron chi connectivity index (χ0n) is 11.7. The molecule has 0 amide bonds. The standard InChI is InChI=1S/C15H12BrN3O3/c1-21-15(20)11-7-12(16)14(18-19-17)13(8-11)22-9-10-5-3-2-4-6-10/h2-8H,9H2,1H3. The number of methoxy groups -OCH3 is 1. The average molecular weight is 362 g/mol. The van der Waals surface area contributed by atoms with Gasteiger partial charge in [0, 0.05) is 9.38 Å². The minimum atomic E-state index is -0.502. The van der Waals surface area contributed by atoms with E-state index in [0.29, 0.717) is 15.8 Å². The molecule has 0 N–H and O–H groups in total. The van der Waals surface area contributed by atoms with Gasteiger partial charge in [0.05, 0.1) is 18.4 Å². The first-order valence-electron chi connectivity index (χ1n) is 6.29. The lowest BCUT2D eigenvalue weighted by Crippen LogP contribution is -2.03. The summed E-state index contributed by atoms with van der Waals surface area (Å²) >= 11 is 3.27. The summed E-state index contributed by atoms with van der Waals surface area (Å²) in [6.07, 6.45) is 0. The van der Waals surface area contributed by atoms with Crippen molar-refractivity contribution in [3.63, 3.8) is 0 Å². The van der Waals surface area contributed by atoms with Crippen LogP contribution in [0, 0.1) is 0 Å². The van der Waals surface area contributed by atoms with E-state index in [0.717, 1.165) is 5.56 Å². The molecule has 2 aromatic carbocycles. The number of carbonyl (C=O) groups excluding carboxylic acids is 1. The van der Waals surface area contributed by atoms with Gasteiger partial charge in [-0.2, -0.15) is 0 Å². The van der Waals surface area contributed by atoms with Crippen LogP contribution in [0.25, 0.3) is 10.4 Å². The van der Waals surface area contributed by atoms with Gasteiger partial charge in [-0.25, -0.2) is 4.79 Å². The number of azide groups is 1. The van der Waals surface area contributed by atoms with E-state index in [1.54, 1.807) is 0 Å². The van der Waals surface area contributed by atoms with Gasteiger partial charge in [0.2, 0.25) is 0 Å². The first-order chi connectivity index (χ1) is 10.7. The maximum Gasteiger partial charge on any atom is 0.338 e. The average Bonchev–Trinajstić information content (AvgIpc) is 2.55. The summed E-state index contributed by atoms with van der Waals surface area (Å²) in [6.45, 7) is 0.284. The Morgan fingerprint density at radius 3 is 2.68 bits per heavy atom. The van der Waals surface area contributed by atoms with E-state index in [1.807, 2.05) is 30.3 Å². The number of halogens is 1. The van der Waals surface area contributed by atoms with Crippen LogP contribution in [0.2, 0.25) is 0 Å². The topological polar surface area (TPSA) is 84.3 Å². The molecule has 0 fully saturated rings. The molecule has 6 nitrogen and oxygen atoms in total. The highest BCUT2D eigenvalue weighted by Gasteiger charge is 2.14. The fourth-order valence-corrected chi connectivity index (χ4v) is 2.32. The van der Waals surface area contributed by atoms with Gasteiger partial charge in [-0.05, 0) is 23.2 Å². The Bertz CT molecular complexity index is 728. The first-order valence-corrected chi connectivity index (χ1v) is 7.08. The van der Waals surface area contributed by atoms with Gasteiger partial charge in [-0.1, -0.05) is 51.4 Å². The summed E-state index contributed by atoms with van der Waals surface area (Å²) in [4.78, 5) is 14.4. The Hall–Kier alpha value is -2.50. The van der Waals surface area contributed by atoms with Crippen LogP contribution in [0.15, 0.2) is 52.1 Å². The smallest absolute Gasteiger partial charge is 0.338 e. The largest absolute Gasteiger partial charge is 0.488 e. The second kappa shape index (κ2) is 7.49. The zero-order valence-corrected chi connectivity index (χ0v) is 13.3. The first kappa shape index (κ1) is 15.9. The Kier molecular flexibility index (Phi) is 5.41. The quantitative estimate of drug-likeness (QED) is 0.333. The van der Waals surface area contributed by atoms with Crippen molar-refractivity contribution in [3.05, 3.63) is 68.5 Å². The summed E-state index contributed by atoms with van der Waals surface area (Å²) in [5.41, 5.74) is 10.2. The third-order valence-electron chi connectivity index (χ3n) is 2.83. The highest BCUT2D eigenvalue weighted by atomic mass is 79.9. The lowest BCUT2D eigenvalue weighted by Gasteiger charge is -2.12. The lowest BCUT2D eigenvalue weighted by molar-refractivity contribution is 0.0600. The number of nitrogens with zero attached hydrogens (tertiary/aromatic N) is 3. The van der Waals surface area contributed by atoms with Crippen LogP contribution in [-0.2, 0) is 11.3 Å². The molecule has 0 aromatic heterocycles. The van der Waals surface area contributed by atoms with Crippen molar-refractivity contribution < 1.29 is 14.3 Å². The molecule has 2 rings (SSSR count). The summed E-state index contributed by atoms with van der Waals surface area (Å²) in [5.74, 6) is -0.200. The van der Waals surface area contributed by atoms with Crippen molar-refractivity contribution >= 4 is 27.6 Å². The van der Waals surface area contributed by atoms with Crippen LogP contribution in [0.4, 0.5) is 5.69 Å². The fourth-order valence-electron chi connectivity index (χ4n) is 1.80. The number of carbonyl (C=O) groups is 1. The third-order valence-corrected chi connectivity index (χ3v) is 3.44. The predicted octanol–water partition coefficient (Wildman–Crippen LogP) is 4.76. The normalized spacial score (nSPS) is 9.73. The molecule has 0 aliphatic heterocycles. The molecule has 7 heteroatoms. The van der Waals surface area contributed by atoms with Crippen LogP contribution >= 0.6 is 15.9 Å². The second-order valence-electron chi connectivity index (χ2n) is 4.26. The highest BCUT2D eigenvalue weighted by Crippen LogP contribution is 2.37. The van der Waals surface area contributed by atoms with Crippen LogP contribution < -0.4 is 4.74 Å². The van der Waals surface area contributed by atoms with E-state index in [1.165, 1.54) is 19.2 Å². The van der Waals surface area contributed by atoms with Crippen molar-refractivity contribution in [3.8, 4) is 5.75 Å². The summed E-state index contributed by atoms with van der Waals surface area (Å²) < 4.78 is 10.8. The molecule has 112 valence electrons. The molecule has 0 bridgehead atoms. The molecule has 2 aromatic rings. The van der Waals surface area contributed by atoms with Crippen LogP contribution in [0.1, 0.15) is 15.9 Å². The molecule has 0 unspecified atom stereocenters. The van der Waals surface area contributed by atoms with Gasteiger partial charge in [0.25, 0.3) is 0 Å². The summed E-state index contributed by atoms with van der Waals surface area (Å²) in [7, 11) is 1.29. The number of rotatable bonds is 5. The Morgan fingerprint density at radius 2 is 2.05 bits per heavy atom. The maximum atomic E-state index is 11.7. The van der Waals surface area contributed by atoms with Gasteiger partial charge in [-0.15, -0.1) is 0 Å². The maximum absolute atomic E-state index is 11.7. The van der Waals surface area contributed by atoms with Crippen molar-refractivity contribution in [2.24, 2.45) is 5.11 Å². The molecule has 0 saturated heterocycles. The minimum absolute atomic E-state index is 0.283. The van der Waals surface area contributed by atoms with E-state index < -0.39 is 5.97 Å². The Morgan fingerprint density at radius 1 is 1.32 bits per heavy atom. The molecule has 0 aliphatic carbocycles. The fraction of sp³-hybridized carbons (Fsp3) is 0.133. The van der Waals surface area contributed by atoms with Crippen molar-refractivity contribution in [1.82, 2.24) is 0 Å². The number of esters is 1. The van der Waals surface area contributed by atoms with Crippen LogP contribution in [0.5, 0.6) is 5.75 Å². The van der Waals surface area contributed by atoms with Gasteiger partial charge < -0.3 is 9.47 Å². The molecule has 22 heavy (non-hydrogen) atoms. The van der Waals surface area contributed by atoms with E-state index >= 15 is 0 Å². The molecule has 0 saturated carbocycles. The second-order valence-corrected chi connectivity index (χ2v) is 5.11. The lowest BCUT2D eigenvalue weighted by atomic mass is 10.2. The molecule has 0 aliphatic rings. The molecule has 0 spiro atoms. The van der Waals surface area contributed by atoms with Gasteiger partial charge in [0.1, 0.15) is 12.4 Å². The summed E-state index contributed by atoms with van der Waals surface area (Å²) in [6, 6.07) is 12.5. The number of ether oxygens (including phenoxy) is 2. The van der Waals surface area contributed by atoms with Crippen LogP contribution in [0.3, 0.4) is 0 Å². The SMILES string of the molecule is COC(=O)c1cc(Br)c(N=[N+]=[N-])c(OCc2ccccc2)c1. The molecular weight excluding hydrogens is 350 g/mol. The Labute approximate surface area is 135 Å². The highest BCUT2D eigenvalue weighted by molar-refractivity contribution is 9.10. The van der Waals surface area contributed by atoms with E-state index in [4.69, 9.17) is 15.0 Å². The third kappa shape index (κ3) is 3.78. The molecular formula is C15H12BrN3O3. The van der Waals surface area contributed by atoms with E-state index in [9.17, 15) is 4.79 Å². The number of hydrogen-bond acceptors (Lipinski definition) is 4. The number of hydrogen-bond donors (Lipinski definition) is 0. The van der Waals surface area contributed by atoms with Gasteiger partial charge in [-0.3, -0.25) is 0 Å². The molecule has 0 heterocycles. The molecule has 0 radical (unpaired) electrons.